The highest BCUT2D eigenvalue weighted by atomic mass is 35.5. The Labute approximate surface area is 146 Å². The van der Waals surface area contributed by atoms with Crippen LogP contribution in [0.4, 0.5) is 5.69 Å². The van der Waals surface area contributed by atoms with Gasteiger partial charge in [0.1, 0.15) is 0 Å². The van der Waals surface area contributed by atoms with E-state index >= 15 is 0 Å². The summed E-state index contributed by atoms with van der Waals surface area (Å²) in [6.07, 6.45) is 2.20. The van der Waals surface area contributed by atoms with Crippen molar-refractivity contribution in [2.24, 2.45) is 0 Å². The molecule has 1 aliphatic carbocycles. The van der Waals surface area contributed by atoms with E-state index in [0.717, 1.165) is 28.1 Å². The average Bonchev–Trinajstić information content (AvgIpc) is 2.92. The second-order valence-corrected chi connectivity index (χ2v) is 6.43. The maximum absolute atomic E-state index is 12.6. The van der Waals surface area contributed by atoms with Crippen LogP contribution in [0.2, 0.25) is 5.02 Å². The van der Waals surface area contributed by atoms with Crippen LogP contribution in [0, 0.1) is 0 Å². The third kappa shape index (κ3) is 3.87. The molecule has 0 saturated carbocycles. The van der Waals surface area contributed by atoms with Gasteiger partial charge in [0.15, 0.2) is 0 Å². The lowest BCUT2D eigenvalue weighted by Gasteiger charge is -2.09. The molecule has 2 nitrogen and oxygen atoms in total. The molecule has 0 bridgehead atoms. The standard InChI is InChI=1S/C19H16ClNOS/c20-14-6-8-15(9-7-14)21-19(22)16-10-11-18(23)17(16)12-13-4-2-1-3-5-13/h1-9H,10-12H2,(H,21,22). The number of anilines is 1. The van der Waals surface area contributed by atoms with Crippen molar-refractivity contribution in [2.75, 3.05) is 5.32 Å². The van der Waals surface area contributed by atoms with E-state index in [9.17, 15) is 4.79 Å². The number of amides is 1. The van der Waals surface area contributed by atoms with Crippen LogP contribution >= 0.6 is 23.8 Å². The van der Waals surface area contributed by atoms with E-state index in [4.69, 9.17) is 23.8 Å². The van der Waals surface area contributed by atoms with Crippen LogP contribution < -0.4 is 5.32 Å². The smallest absolute Gasteiger partial charge is 0.251 e. The average molecular weight is 342 g/mol. The van der Waals surface area contributed by atoms with E-state index in [-0.39, 0.29) is 5.91 Å². The second kappa shape index (κ2) is 7.07. The summed E-state index contributed by atoms with van der Waals surface area (Å²) < 4.78 is 0. The quantitative estimate of drug-likeness (QED) is 0.794. The lowest BCUT2D eigenvalue weighted by Crippen LogP contribution is -2.15. The summed E-state index contributed by atoms with van der Waals surface area (Å²) in [7, 11) is 0. The Morgan fingerprint density at radius 3 is 2.43 bits per heavy atom. The predicted octanol–water partition coefficient (Wildman–Crippen LogP) is 4.98. The van der Waals surface area contributed by atoms with Gasteiger partial charge in [-0.3, -0.25) is 4.79 Å². The fourth-order valence-corrected chi connectivity index (χ4v) is 3.13. The molecule has 0 saturated heterocycles. The molecule has 0 fully saturated rings. The van der Waals surface area contributed by atoms with Gasteiger partial charge < -0.3 is 5.32 Å². The van der Waals surface area contributed by atoms with Crippen molar-refractivity contribution < 1.29 is 4.79 Å². The molecule has 2 aromatic rings. The lowest BCUT2D eigenvalue weighted by molar-refractivity contribution is -0.113. The highest BCUT2D eigenvalue weighted by Crippen LogP contribution is 2.28. The first kappa shape index (κ1) is 15.9. The molecule has 0 atom stereocenters. The topological polar surface area (TPSA) is 29.1 Å². The molecule has 0 unspecified atom stereocenters. The fraction of sp³-hybridized carbons (Fsp3) is 0.158. The summed E-state index contributed by atoms with van der Waals surface area (Å²) in [5.74, 6) is -0.0712. The zero-order chi connectivity index (χ0) is 16.2. The monoisotopic (exact) mass is 341 g/mol. The number of hydrogen-bond donors (Lipinski definition) is 1. The molecule has 1 N–H and O–H groups in total. The first-order valence-corrected chi connectivity index (χ1v) is 8.28. The van der Waals surface area contributed by atoms with Gasteiger partial charge in [-0.1, -0.05) is 54.2 Å². The molecule has 1 aliphatic rings. The van der Waals surface area contributed by atoms with Crippen molar-refractivity contribution in [3.8, 4) is 0 Å². The largest absolute Gasteiger partial charge is 0.322 e. The third-order valence-corrected chi connectivity index (χ3v) is 4.61. The number of allylic oxidation sites excluding steroid dienone is 1. The van der Waals surface area contributed by atoms with Gasteiger partial charge in [-0.25, -0.2) is 0 Å². The highest BCUT2D eigenvalue weighted by Gasteiger charge is 2.24. The van der Waals surface area contributed by atoms with E-state index in [0.29, 0.717) is 17.9 Å². The van der Waals surface area contributed by atoms with Crippen molar-refractivity contribution in [3.63, 3.8) is 0 Å². The molecular formula is C19H16ClNOS. The minimum absolute atomic E-state index is 0.0712. The maximum atomic E-state index is 12.6. The van der Waals surface area contributed by atoms with Crippen LogP contribution in [0.1, 0.15) is 18.4 Å². The minimum Gasteiger partial charge on any atom is -0.322 e. The number of halogens is 1. The van der Waals surface area contributed by atoms with Crippen LogP contribution in [0.15, 0.2) is 65.7 Å². The minimum atomic E-state index is -0.0712. The molecule has 23 heavy (non-hydrogen) atoms. The Hall–Kier alpha value is -1.97. The van der Waals surface area contributed by atoms with Crippen LogP contribution in [0.3, 0.4) is 0 Å². The molecule has 0 aliphatic heterocycles. The Balaban J connectivity index is 1.81. The SMILES string of the molecule is O=C(Nc1ccc(Cl)cc1)C1=C(Cc2ccccc2)C(=S)CC1. The summed E-state index contributed by atoms with van der Waals surface area (Å²) in [4.78, 5) is 13.5. The molecule has 3 rings (SSSR count). The van der Waals surface area contributed by atoms with E-state index in [1.54, 1.807) is 24.3 Å². The van der Waals surface area contributed by atoms with Crippen LogP contribution in [0.25, 0.3) is 0 Å². The molecule has 4 heteroatoms. The molecule has 0 aromatic heterocycles. The number of carbonyl (C=O) groups is 1. The summed E-state index contributed by atoms with van der Waals surface area (Å²) >= 11 is 11.3. The van der Waals surface area contributed by atoms with Gasteiger partial charge in [-0.05, 0) is 54.7 Å². The molecule has 0 spiro atoms. The van der Waals surface area contributed by atoms with Crippen molar-refractivity contribution >= 4 is 40.3 Å². The van der Waals surface area contributed by atoms with Gasteiger partial charge in [0.25, 0.3) is 5.91 Å². The Bertz CT molecular complexity index is 766. The van der Waals surface area contributed by atoms with Crippen LogP contribution in [-0.4, -0.2) is 10.8 Å². The number of carbonyl (C=O) groups excluding carboxylic acids is 1. The molecule has 0 radical (unpaired) electrons. The zero-order valence-corrected chi connectivity index (χ0v) is 14.1. The van der Waals surface area contributed by atoms with E-state index in [1.165, 1.54) is 5.56 Å². The third-order valence-electron chi connectivity index (χ3n) is 3.90. The van der Waals surface area contributed by atoms with Gasteiger partial charge in [0.05, 0.1) is 0 Å². The van der Waals surface area contributed by atoms with Gasteiger partial charge in [0.2, 0.25) is 0 Å². The van der Waals surface area contributed by atoms with Crippen molar-refractivity contribution in [2.45, 2.75) is 19.3 Å². The van der Waals surface area contributed by atoms with E-state index < -0.39 is 0 Å². The molecule has 0 heterocycles. The molecule has 1 amide bonds. The van der Waals surface area contributed by atoms with Crippen LogP contribution in [-0.2, 0) is 11.2 Å². The zero-order valence-electron chi connectivity index (χ0n) is 12.5. The van der Waals surface area contributed by atoms with Crippen molar-refractivity contribution in [3.05, 3.63) is 76.3 Å². The van der Waals surface area contributed by atoms with Gasteiger partial charge in [0, 0.05) is 21.1 Å². The van der Waals surface area contributed by atoms with Crippen LogP contribution in [0.5, 0.6) is 0 Å². The number of thiocarbonyl (C=S) groups is 1. The number of nitrogens with one attached hydrogen (secondary N) is 1. The summed E-state index contributed by atoms with van der Waals surface area (Å²) in [6.45, 7) is 0. The molecule has 2 aromatic carbocycles. The van der Waals surface area contributed by atoms with Crippen molar-refractivity contribution in [1.29, 1.82) is 0 Å². The maximum Gasteiger partial charge on any atom is 0.251 e. The first-order valence-electron chi connectivity index (χ1n) is 7.49. The van der Waals surface area contributed by atoms with E-state index in [1.807, 2.05) is 18.2 Å². The van der Waals surface area contributed by atoms with Gasteiger partial charge in [-0.2, -0.15) is 0 Å². The number of benzene rings is 2. The Morgan fingerprint density at radius 2 is 1.74 bits per heavy atom. The van der Waals surface area contributed by atoms with Gasteiger partial charge >= 0.3 is 0 Å². The summed E-state index contributed by atoms with van der Waals surface area (Å²) in [5.41, 5.74) is 3.71. The number of hydrogen-bond acceptors (Lipinski definition) is 2. The summed E-state index contributed by atoms with van der Waals surface area (Å²) in [5, 5.41) is 3.58. The van der Waals surface area contributed by atoms with E-state index in [2.05, 4.69) is 17.4 Å². The molecule has 116 valence electrons. The van der Waals surface area contributed by atoms with Crippen molar-refractivity contribution in [1.82, 2.24) is 0 Å². The predicted molar refractivity (Wildman–Crippen MR) is 99.1 cm³/mol. The summed E-state index contributed by atoms with van der Waals surface area (Å²) in [6, 6.07) is 17.2. The molecular weight excluding hydrogens is 326 g/mol. The fourth-order valence-electron chi connectivity index (χ4n) is 2.70. The highest BCUT2D eigenvalue weighted by molar-refractivity contribution is 7.80. The first-order chi connectivity index (χ1) is 11.1. The van der Waals surface area contributed by atoms with Gasteiger partial charge in [-0.15, -0.1) is 0 Å². The second-order valence-electron chi connectivity index (χ2n) is 5.50. The Kier molecular flexibility index (Phi) is 4.89. The Morgan fingerprint density at radius 1 is 1.04 bits per heavy atom. The number of rotatable bonds is 4. The lowest BCUT2D eigenvalue weighted by atomic mass is 10.0. The normalized spacial score (nSPS) is 14.2.